The molecule has 4 nitrogen and oxygen atoms in total. The number of non-ortho nitro benzene ring substituents is 1. The Labute approximate surface area is 118 Å². The molecule has 2 N–H and O–H groups in total. The highest BCUT2D eigenvalue weighted by atomic mass is 16.6. The van der Waals surface area contributed by atoms with Crippen LogP contribution in [0.5, 0.6) is 0 Å². The lowest BCUT2D eigenvalue weighted by Gasteiger charge is -2.14. The quantitative estimate of drug-likeness (QED) is 0.667. The molecule has 0 heterocycles. The van der Waals surface area contributed by atoms with Gasteiger partial charge in [-0.1, -0.05) is 36.4 Å². The number of rotatable bonds is 5. The third-order valence-electron chi connectivity index (χ3n) is 3.46. The number of nitro groups is 1. The van der Waals surface area contributed by atoms with Crippen molar-refractivity contribution in [2.45, 2.75) is 25.8 Å². The van der Waals surface area contributed by atoms with Gasteiger partial charge in [-0.25, -0.2) is 0 Å². The molecule has 1 atom stereocenters. The summed E-state index contributed by atoms with van der Waals surface area (Å²) in [5.74, 6) is 0. The van der Waals surface area contributed by atoms with E-state index in [-0.39, 0.29) is 16.7 Å². The molecule has 0 aromatic heterocycles. The molecule has 0 fully saturated rings. The van der Waals surface area contributed by atoms with Gasteiger partial charge >= 0.3 is 0 Å². The zero-order valence-electron chi connectivity index (χ0n) is 11.5. The summed E-state index contributed by atoms with van der Waals surface area (Å²) < 4.78 is 0. The number of hydrogen-bond donors (Lipinski definition) is 1. The van der Waals surface area contributed by atoms with Gasteiger partial charge in [0.2, 0.25) is 0 Å². The molecule has 0 saturated heterocycles. The van der Waals surface area contributed by atoms with Gasteiger partial charge in [0.05, 0.1) is 4.92 Å². The van der Waals surface area contributed by atoms with E-state index in [1.807, 2.05) is 25.1 Å². The molecule has 2 aromatic carbocycles. The van der Waals surface area contributed by atoms with Gasteiger partial charge in [0, 0.05) is 18.2 Å². The molecule has 0 amide bonds. The predicted molar refractivity (Wildman–Crippen MR) is 79.5 cm³/mol. The first-order chi connectivity index (χ1) is 9.58. The summed E-state index contributed by atoms with van der Waals surface area (Å²) in [6.07, 6.45) is 1.64. The average molecular weight is 270 g/mol. The van der Waals surface area contributed by atoms with Gasteiger partial charge in [0.15, 0.2) is 0 Å². The second-order valence-corrected chi connectivity index (χ2v) is 4.93. The topological polar surface area (TPSA) is 69.2 Å². The summed E-state index contributed by atoms with van der Waals surface area (Å²) in [6, 6.07) is 14.8. The number of hydrogen-bond acceptors (Lipinski definition) is 3. The fourth-order valence-electron chi connectivity index (χ4n) is 2.26. The van der Waals surface area contributed by atoms with Crippen LogP contribution in [0.25, 0.3) is 0 Å². The molecule has 0 aliphatic rings. The highest BCUT2D eigenvalue weighted by Gasteiger charge is 2.14. The molecule has 0 bridgehead atoms. The van der Waals surface area contributed by atoms with Crippen LogP contribution in [0.15, 0.2) is 48.5 Å². The van der Waals surface area contributed by atoms with Gasteiger partial charge in [-0.15, -0.1) is 0 Å². The summed E-state index contributed by atoms with van der Waals surface area (Å²) in [5.41, 5.74) is 9.37. The van der Waals surface area contributed by atoms with Gasteiger partial charge in [-0.2, -0.15) is 0 Å². The van der Waals surface area contributed by atoms with Crippen LogP contribution in [0.3, 0.4) is 0 Å². The molecule has 0 radical (unpaired) electrons. The monoisotopic (exact) mass is 270 g/mol. The lowest BCUT2D eigenvalue weighted by atomic mass is 9.96. The van der Waals surface area contributed by atoms with Crippen molar-refractivity contribution in [3.05, 3.63) is 75.3 Å². The molecule has 20 heavy (non-hydrogen) atoms. The van der Waals surface area contributed by atoms with E-state index in [9.17, 15) is 10.1 Å². The molecule has 1 unspecified atom stereocenters. The third kappa shape index (κ3) is 3.42. The van der Waals surface area contributed by atoms with Crippen molar-refractivity contribution in [1.82, 2.24) is 0 Å². The van der Waals surface area contributed by atoms with Crippen LogP contribution < -0.4 is 5.73 Å². The van der Waals surface area contributed by atoms with Gasteiger partial charge in [-0.05, 0) is 36.5 Å². The highest BCUT2D eigenvalue weighted by molar-refractivity contribution is 5.41. The molecule has 2 rings (SSSR count). The summed E-state index contributed by atoms with van der Waals surface area (Å²) >= 11 is 0. The van der Waals surface area contributed by atoms with Crippen molar-refractivity contribution < 1.29 is 4.92 Å². The highest BCUT2D eigenvalue weighted by Crippen LogP contribution is 2.24. The molecule has 0 aliphatic heterocycles. The standard InChI is InChI=1S/C16H18N2O2/c1-12-7-9-14(18(19)20)11-15(12)16(17)10-8-13-5-3-2-4-6-13/h2-7,9,11,16H,8,10,17H2,1H3. The molecule has 4 heteroatoms. The minimum atomic E-state index is -0.382. The Bertz CT molecular complexity index is 597. The molecule has 0 aliphatic carbocycles. The summed E-state index contributed by atoms with van der Waals surface area (Å²) in [6.45, 7) is 1.93. The Hall–Kier alpha value is -2.20. The number of nitrogens with zero attached hydrogens (tertiary/aromatic N) is 1. The van der Waals surface area contributed by atoms with Gasteiger partial charge < -0.3 is 5.73 Å². The van der Waals surface area contributed by atoms with E-state index in [1.54, 1.807) is 12.1 Å². The normalized spacial score (nSPS) is 12.1. The lowest BCUT2D eigenvalue weighted by Crippen LogP contribution is -2.13. The minimum Gasteiger partial charge on any atom is -0.324 e. The maximum Gasteiger partial charge on any atom is 0.269 e. The SMILES string of the molecule is Cc1ccc([N+](=O)[O-])cc1C(N)CCc1ccccc1. The van der Waals surface area contributed by atoms with Gasteiger partial charge in [-0.3, -0.25) is 10.1 Å². The average Bonchev–Trinajstić information content (AvgIpc) is 2.46. The van der Waals surface area contributed by atoms with Crippen LogP contribution in [-0.4, -0.2) is 4.92 Å². The smallest absolute Gasteiger partial charge is 0.269 e. The van der Waals surface area contributed by atoms with Crippen molar-refractivity contribution in [2.24, 2.45) is 5.73 Å². The van der Waals surface area contributed by atoms with E-state index in [0.29, 0.717) is 0 Å². The van der Waals surface area contributed by atoms with Crippen molar-refractivity contribution in [3.63, 3.8) is 0 Å². The maximum atomic E-state index is 10.8. The van der Waals surface area contributed by atoms with Crippen LogP contribution >= 0.6 is 0 Å². The lowest BCUT2D eigenvalue weighted by molar-refractivity contribution is -0.384. The number of nitrogens with two attached hydrogens (primary N) is 1. The number of benzene rings is 2. The van der Waals surface area contributed by atoms with Crippen LogP contribution in [0.2, 0.25) is 0 Å². The van der Waals surface area contributed by atoms with Crippen molar-refractivity contribution >= 4 is 5.69 Å². The van der Waals surface area contributed by atoms with Crippen molar-refractivity contribution in [2.75, 3.05) is 0 Å². The minimum absolute atomic E-state index is 0.0979. The van der Waals surface area contributed by atoms with Crippen LogP contribution in [0.1, 0.15) is 29.2 Å². The molecule has 104 valence electrons. The zero-order chi connectivity index (χ0) is 14.5. The second kappa shape index (κ2) is 6.30. The second-order valence-electron chi connectivity index (χ2n) is 4.93. The van der Waals surface area contributed by atoms with E-state index >= 15 is 0 Å². The first-order valence-corrected chi connectivity index (χ1v) is 6.62. The number of aryl methyl sites for hydroxylation is 2. The van der Waals surface area contributed by atoms with Crippen LogP contribution in [-0.2, 0) is 6.42 Å². The fraction of sp³-hybridized carbons (Fsp3) is 0.250. The first kappa shape index (κ1) is 14.2. The van der Waals surface area contributed by atoms with E-state index in [2.05, 4.69) is 12.1 Å². The third-order valence-corrected chi connectivity index (χ3v) is 3.46. The van der Waals surface area contributed by atoms with Gasteiger partial charge in [0.25, 0.3) is 5.69 Å². The Morgan fingerprint density at radius 2 is 1.90 bits per heavy atom. The largest absolute Gasteiger partial charge is 0.324 e. The summed E-state index contributed by atoms with van der Waals surface area (Å²) in [4.78, 5) is 10.4. The number of nitro benzene ring substituents is 1. The molecular formula is C16H18N2O2. The Morgan fingerprint density at radius 1 is 1.20 bits per heavy atom. The maximum absolute atomic E-state index is 10.8. The molecule has 0 spiro atoms. The summed E-state index contributed by atoms with van der Waals surface area (Å²) in [7, 11) is 0. The molecule has 2 aromatic rings. The molecule has 0 saturated carbocycles. The zero-order valence-corrected chi connectivity index (χ0v) is 11.5. The first-order valence-electron chi connectivity index (χ1n) is 6.62. The van der Waals surface area contributed by atoms with Crippen LogP contribution in [0.4, 0.5) is 5.69 Å². The fourth-order valence-corrected chi connectivity index (χ4v) is 2.26. The van der Waals surface area contributed by atoms with E-state index < -0.39 is 0 Å². The summed E-state index contributed by atoms with van der Waals surface area (Å²) in [5, 5.41) is 10.8. The van der Waals surface area contributed by atoms with E-state index in [0.717, 1.165) is 24.0 Å². The Kier molecular flexibility index (Phi) is 4.48. The van der Waals surface area contributed by atoms with E-state index in [1.165, 1.54) is 11.6 Å². The predicted octanol–water partition coefficient (Wildman–Crippen LogP) is 3.54. The Morgan fingerprint density at radius 3 is 2.55 bits per heavy atom. The Balaban J connectivity index is 2.10. The van der Waals surface area contributed by atoms with Crippen molar-refractivity contribution in [3.8, 4) is 0 Å². The molecular weight excluding hydrogens is 252 g/mol. The van der Waals surface area contributed by atoms with Crippen LogP contribution in [0, 0.1) is 17.0 Å². The van der Waals surface area contributed by atoms with E-state index in [4.69, 9.17) is 5.73 Å². The van der Waals surface area contributed by atoms with Gasteiger partial charge in [0.1, 0.15) is 0 Å². The van der Waals surface area contributed by atoms with Crippen molar-refractivity contribution in [1.29, 1.82) is 0 Å².